The SMILES string of the molecule is CC(C)C[C@H](NC(=O)[C@H](Cc1cnc[nH]1)NC(=O)[C@H](CO)NC(=O)[C@H](CO)NC(=O)[C@@H](NC(=O)[C@H](CO)NC(=O)[C@H](CCC(N)=O)NC(=O)[C@H](CO)NC(=O)[C@H](C)NC(=O)[C@@H](N)CCCN=C(N)N)C(C)C)C(=O)N[C@@H](C)C(=O)O. The Morgan fingerprint density at radius 3 is 1.41 bits per heavy atom. The highest BCUT2D eigenvalue weighted by atomic mass is 16.4. The van der Waals surface area contributed by atoms with Crippen molar-refractivity contribution in [3.63, 3.8) is 0 Å². The standard InChI is InChI=1S/C46H79N17O17/c1-20(2)12-27(38(72)55-23(6)45(79)80)57-39(73)28(13-24-14-51-19-53-24)58-41(75)30(16-65)61-42(76)31(17-66)62-44(78)34(21(3)4)63-43(77)32(18-67)60-37(71)26(9-10-33(48)68)56-40(74)29(15-64)59-35(69)22(5)54-36(70)25(47)8-7-11-52-46(49)50/h14,19-23,25-32,34,64-67H,7-13,15-18,47H2,1-6H3,(H2,48,68)(H,51,53)(H,54,70)(H,55,72)(H,56,74)(H,57,73)(H,58,75)(H,59,69)(H,60,71)(H,61,76)(H,62,78)(H,63,77)(H,79,80)(H4,49,50,52)/t22-,23-,25-,26-,27-,28-,29-,30-,31-,32-,34-/m0/s1. The van der Waals surface area contributed by atoms with Gasteiger partial charge in [0.15, 0.2) is 5.96 Å². The van der Waals surface area contributed by atoms with Crippen LogP contribution in [0.2, 0.25) is 0 Å². The van der Waals surface area contributed by atoms with E-state index in [4.69, 9.17) is 22.9 Å². The summed E-state index contributed by atoms with van der Waals surface area (Å²) in [5.41, 5.74) is 22.0. The van der Waals surface area contributed by atoms with Gasteiger partial charge in [0, 0.05) is 31.3 Å². The van der Waals surface area contributed by atoms with E-state index in [2.05, 4.69) is 68.1 Å². The Kier molecular flexibility index (Phi) is 31.0. The van der Waals surface area contributed by atoms with Crippen LogP contribution in [-0.4, -0.2) is 212 Å². The molecule has 1 aromatic heterocycles. The molecule has 11 amide bonds. The lowest BCUT2D eigenvalue weighted by atomic mass is 10.0. The molecule has 1 heterocycles. The largest absolute Gasteiger partial charge is 0.480 e. The number of aromatic amines is 1. The Balaban J connectivity index is 3.17. The third-order valence-corrected chi connectivity index (χ3v) is 11.6. The fourth-order valence-corrected chi connectivity index (χ4v) is 6.98. The number of imidazole rings is 1. The van der Waals surface area contributed by atoms with E-state index in [-0.39, 0.29) is 37.7 Å². The van der Waals surface area contributed by atoms with E-state index in [0.717, 1.165) is 0 Å². The number of H-pyrrole nitrogens is 1. The van der Waals surface area contributed by atoms with Gasteiger partial charge in [-0.05, 0) is 51.4 Å². The van der Waals surface area contributed by atoms with Crippen LogP contribution in [-0.2, 0) is 64.0 Å². The minimum atomic E-state index is -1.88. The quantitative estimate of drug-likeness (QED) is 0.0167. The third-order valence-electron chi connectivity index (χ3n) is 11.6. The van der Waals surface area contributed by atoms with Crippen LogP contribution < -0.4 is 76.1 Å². The van der Waals surface area contributed by atoms with Crippen LogP contribution in [0, 0.1) is 11.8 Å². The highest BCUT2D eigenvalue weighted by Crippen LogP contribution is 2.09. The Morgan fingerprint density at radius 2 is 0.963 bits per heavy atom. The number of amides is 11. The summed E-state index contributed by atoms with van der Waals surface area (Å²) in [6, 6.07) is -17.1. The molecule has 0 saturated heterocycles. The number of carboxylic acids is 1. The van der Waals surface area contributed by atoms with Crippen molar-refractivity contribution in [3.8, 4) is 0 Å². The van der Waals surface area contributed by atoms with E-state index in [0.29, 0.717) is 12.1 Å². The second kappa shape index (κ2) is 35.4. The number of rotatable bonds is 37. The van der Waals surface area contributed by atoms with E-state index >= 15 is 0 Å². The number of primary amides is 1. The first-order chi connectivity index (χ1) is 37.5. The molecule has 11 atom stereocenters. The maximum Gasteiger partial charge on any atom is 0.325 e. The van der Waals surface area contributed by atoms with Gasteiger partial charge in [-0.3, -0.25) is 62.5 Å². The second-order valence-corrected chi connectivity index (χ2v) is 19.2. The minimum Gasteiger partial charge on any atom is -0.480 e. The number of hydrogen-bond acceptors (Lipinski definition) is 19. The number of nitrogens with one attached hydrogen (secondary N) is 11. The first kappa shape index (κ1) is 69.9. The summed E-state index contributed by atoms with van der Waals surface area (Å²) >= 11 is 0. The molecule has 0 spiro atoms. The number of carbonyl (C=O) groups excluding carboxylic acids is 11. The highest BCUT2D eigenvalue weighted by Gasteiger charge is 2.36. The maximum atomic E-state index is 13.7. The van der Waals surface area contributed by atoms with Crippen molar-refractivity contribution in [3.05, 3.63) is 18.2 Å². The van der Waals surface area contributed by atoms with Crippen molar-refractivity contribution in [2.45, 2.75) is 147 Å². The highest BCUT2D eigenvalue weighted by molar-refractivity contribution is 5.99. The van der Waals surface area contributed by atoms with Gasteiger partial charge in [0.1, 0.15) is 60.4 Å². The Morgan fingerprint density at radius 1 is 0.537 bits per heavy atom. The van der Waals surface area contributed by atoms with Gasteiger partial charge >= 0.3 is 5.97 Å². The third kappa shape index (κ3) is 25.1. The number of aliphatic imine (C=N–C) groups is 1. The molecule has 0 aliphatic carbocycles. The molecule has 0 aliphatic rings. The molecule has 0 aliphatic heterocycles. The average Bonchev–Trinajstić information content (AvgIpc) is 3.91. The van der Waals surface area contributed by atoms with Crippen molar-refractivity contribution < 1.29 is 83.1 Å². The summed E-state index contributed by atoms with van der Waals surface area (Å²) in [5.74, 6) is -14.0. The van der Waals surface area contributed by atoms with Crippen LogP contribution in [0.25, 0.3) is 0 Å². The zero-order valence-electron chi connectivity index (χ0n) is 45.3. The number of carbonyl (C=O) groups is 12. The Labute approximate surface area is 459 Å². The zero-order valence-corrected chi connectivity index (χ0v) is 45.3. The molecular weight excluding hydrogens is 1060 g/mol. The molecular formula is C46H79N17O17. The van der Waals surface area contributed by atoms with Gasteiger partial charge in [-0.15, -0.1) is 0 Å². The van der Waals surface area contributed by atoms with Crippen molar-refractivity contribution in [1.29, 1.82) is 0 Å². The van der Waals surface area contributed by atoms with Crippen LogP contribution >= 0.6 is 0 Å². The number of guanidine groups is 1. The van der Waals surface area contributed by atoms with Gasteiger partial charge in [-0.1, -0.05) is 27.7 Å². The predicted molar refractivity (Wildman–Crippen MR) is 280 cm³/mol. The first-order valence-corrected chi connectivity index (χ1v) is 25.3. The van der Waals surface area contributed by atoms with E-state index in [9.17, 15) is 83.1 Å². The Bertz CT molecular complexity index is 2300. The monoisotopic (exact) mass is 1140 g/mol. The molecule has 0 aromatic carbocycles. The van der Waals surface area contributed by atoms with Gasteiger partial charge in [-0.25, -0.2) is 4.98 Å². The lowest BCUT2D eigenvalue weighted by Crippen LogP contribution is -2.62. The van der Waals surface area contributed by atoms with Crippen LogP contribution in [0.3, 0.4) is 0 Å². The summed E-state index contributed by atoms with van der Waals surface area (Å²) in [6.45, 7) is 4.62. The molecule has 0 fully saturated rings. The summed E-state index contributed by atoms with van der Waals surface area (Å²) in [4.78, 5) is 167. The molecule has 80 heavy (non-hydrogen) atoms. The van der Waals surface area contributed by atoms with Crippen molar-refractivity contribution in [1.82, 2.24) is 63.1 Å². The lowest BCUT2D eigenvalue weighted by Gasteiger charge is -2.28. The summed E-state index contributed by atoms with van der Waals surface area (Å²) in [7, 11) is 0. The molecule has 34 heteroatoms. The predicted octanol–water partition coefficient (Wildman–Crippen LogP) is -9.76. The summed E-state index contributed by atoms with van der Waals surface area (Å²) < 4.78 is 0. The molecule has 0 saturated carbocycles. The number of nitrogens with two attached hydrogens (primary N) is 4. The fraction of sp³-hybridized carbons (Fsp3) is 0.652. The number of hydrogen-bond donors (Lipinski definition) is 20. The molecule has 450 valence electrons. The molecule has 1 aromatic rings. The normalized spacial score (nSPS) is 15.2. The van der Waals surface area contributed by atoms with Crippen molar-refractivity contribution in [2.75, 3.05) is 33.0 Å². The summed E-state index contributed by atoms with van der Waals surface area (Å²) in [5, 5.41) is 72.6. The van der Waals surface area contributed by atoms with E-state index in [1.165, 1.54) is 40.2 Å². The van der Waals surface area contributed by atoms with Gasteiger partial charge in [-0.2, -0.15) is 0 Å². The topological polar surface area (TPSA) is 571 Å². The van der Waals surface area contributed by atoms with Crippen molar-refractivity contribution >= 4 is 76.9 Å². The molecule has 1 rings (SSSR count). The zero-order chi connectivity index (χ0) is 61.0. The maximum absolute atomic E-state index is 13.7. The minimum absolute atomic E-state index is 0.0487. The fourth-order valence-electron chi connectivity index (χ4n) is 6.98. The van der Waals surface area contributed by atoms with Crippen molar-refractivity contribution in [2.24, 2.45) is 39.8 Å². The van der Waals surface area contributed by atoms with E-state index in [1.54, 1.807) is 13.8 Å². The van der Waals surface area contributed by atoms with E-state index < -0.39 is 183 Å². The number of aliphatic hydroxyl groups excluding tert-OH is 4. The van der Waals surface area contributed by atoms with Crippen LogP contribution in [0.5, 0.6) is 0 Å². The number of aliphatic carboxylic acids is 1. The number of nitrogens with zero attached hydrogens (tertiary/aromatic N) is 2. The lowest BCUT2D eigenvalue weighted by molar-refractivity contribution is -0.142. The molecule has 0 bridgehead atoms. The number of aliphatic hydroxyl groups is 4. The first-order valence-electron chi connectivity index (χ1n) is 25.3. The van der Waals surface area contributed by atoms with Gasteiger partial charge in [0.2, 0.25) is 65.0 Å². The molecule has 34 nitrogen and oxygen atoms in total. The number of carboxylic acid groups (broad SMARTS) is 1. The van der Waals surface area contributed by atoms with Crippen LogP contribution in [0.1, 0.15) is 79.3 Å². The number of aromatic nitrogens is 2. The summed E-state index contributed by atoms with van der Waals surface area (Å²) in [6.07, 6.45) is 1.82. The van der Waals surface area contributed by atoms with Gasteiger partial charge < -0.3 is 107 Å². The second-order valence-electron chi connectivity index (χ2n) is 19.2. The van der Waals surface area contributed by atoms with Gasteiger partial charge in [0.05, 0.1) is 38.8 Å². The molecule has 0 unspecified atom stereocenters. The average molecular weight is 1140 g/mol. The van der Waals surface area contributed by atoms with Crippen LogP contribution in [0.4, 0.5) is 0 Å². The van der Waals surface area contributed by atoms with Gasteiger partial charge in [0.25, 0.3) is 0 Å². The van der Waals surface area contributed by atoms with E-state index in [1.807, 2.05) is 0 Å². The smallest absolute Gasteiger partial charge is 0.325 e. The van der Waals surface area contributed by atoms with Crippen LogP contribution in [0.15, 0.2) is 17.5 Å². The molecule has 0 radical (unpaired) electrons. The molecule has 24 N–H and O–H groups in total. The Hall–Kier alpha value is -8.08.